The summed E-state index contributed by atoms with van der Waals surface area (Å²) in [5.41, 5.74) is 2.95. The van der Waals surface area contributed by atoms with E-state index in [9.17, 15) is 0 Å². The summed E-state index contributed by atoms with van der Waals surface area (Å²) in [5, 5.41) is 1.04. The van der Waals surface area contributed by atoms with Crippen molar-refractivity contribution in [3.05, 3.63) is 47.7 Å². The maximum atomic E-state index is 6.31. The van der Waals surface area contributed by atoms with Crippen molar-refractivity contribution < 1.29 is 23.4 Å². The lowest BCUT2D eigenvalue weighted by Gasteiger charge is -2.27. The van der Waals surface area contributed by atoms with Crippen molar-refractivity contribution in [3.63, 3.8) is 0 Å². The lowest BCUT2D eigenvalue weighted by Crippen LogP contribution is -2.23. The van der Waals surface area contributed by atoms with Gasteiger partial charge in [-0.1, -0.05) is 6.07 Å². The Balaban J connectivity index is 1.66. The molecule has 0 spiro atoms. The molecule has 0 aliphatic carbocycles. The zero-order valence-corrected chi connectivity index (χ0v) is 13.4. The molecular weight excluding hydrogens is 308 g/mol. The molecule has 2 aliphatic rings. The van der Waals surface area contributed by atoms with Crippen molar-refractivity contribution >= 4 is 11.0 Å². The van der Waals surface area contributed by atoms with Crippen LogP contribution < -0.4 is 18.9 Å². The number of fused-ring (bicyclic) bond motifs is 6. The second-order valence-electron chi connectivity index (χ2n) is 6.02. The predicted octanol–water partition coefficient (Wildman–Crippen LogP) is 4.06. The molecule has 3 aromatic rings. The van der Waals surface area contributed by atoms with Crippen molar-refractivity contribution in [1.82, 2.24) is 0 Å². The topological polar surface area (TPSA) is 50.1 Å². The van der Waals surface area contributed by atoms with Crippen molar-refractivity contribution in [2.45, 2.75) is 12.0 Å². The minimum atomic E-state index is -0.0935. The molecular formula is C19H16O5. The predicted molar refractivity (Wildman–Crippen MR) is 87.4 cm³/mol. The van der Waals surface area contributed by atoms with E-state index >= 15 is 0 Å². The van der Waals surface area contributed by atoms with Gasteiger partial charge in [-0.3, -0.25) is 0 Å². The van der Waals surface area contributed by atoms with Gasteiger partial charge >= 0.3 is 0 Å². The van der Waals surface area contributed by atoms with Crippen LogP contribution in [0.5, 0.6) is 23.0 Å². The van der Waals surface area contributed by atoms with Crippen LogP contribution >= 0.6 is 0 Å². The van der Waals surface area contributed by atoms with Crippen LogP contribution in [0.2, 0.25) is 0 Å². The number of hydrogen-bond acceptors (Lipinski definition) is 5. The first-order valence-corrected chi connectivity index (χ1v) is 7.85. The summed E-state index contributed by atoms with van der Waals surface area (Å²) in [6.07, 6.45) is 1.59. The summed E-state index contributed by atoms with van der Waals surface area (Å²) in [4.78, 5) is 0. The van der Waals surface area contributed by atoms with Crippen LogP contribution in [0.4, 0.5) is 0 Å². The monoisotopic (exact) mass is 324 g/mol. The van der Waals surface area contributed by atoms with E-state index in [-0.39, 0.29) is 12.0 Å². The molecule has 0 fully saturated rings. The second-order valence-corrected chi connectivity index (χ2v) is 6.02. The lowest BCUT2D eigenvalue weighted by atomic mass is 9.89. The summed E-state index contributed by atoms with van der Waals surface area (Å²) in [6.45, 7) is 0.562. The molecule has 2 aliphatic heterocycles. The van der Waals surface area contributed by atoms with E-state index in [2.05, 4.69) is 6.07 Å². The van der Waals surface area contributed by atoms with Gasteiger partial charge in [0.25, 0.3) is 0 Å². The van der Waals surface area contributed by atoms with Gasteiger partial charge in [0, 0.05) is 22.6 Å². The molecule has 0 radical (unpaired) electrons. The Morgan fingerprint density at radius 3 is 2.79 bits per heavy atom. The fraction of sp³-hybridized carbons (Fsp3) is 0.263. The number of ether oxygens (including phenoxy) is 4. The molecule has 5 heteroatoms. The third kappa shape index (κ3) is 1.69. The smallest absolute Gasteiger partial charge is 0.203 e. The highest BCUT2D eigenvalue weighted by Gasteiger charge is 2.43. The molecule has 0 saturated carbocycles. The highest BCUT2D eigenvalue weighted by atomic mass is 16.5. The number of methoxy groups -OCH3 is 2. The Morgan fingerprint density at radius 2 is 1.96 bits per heavy atom. The molecule has 3 heterocycles. The first kappa shape index (κ1) is 13.6. The van der Waals surface area contributed by atoms with Crippen LogP contribution in [0.25, 0.3) is 11.0 Å². The van der Waals surface area contributed by atoms with Gasteiger partial charge < -0.3 is 23.4 Å². The fourth-order valence-corrected chi connectivity index (χ4v) is 3.69. The molecule has 24 heavy (non-hydrogen) atoms. The van der Waals surface area contributed by atoms with Crippen LogP contribution in [0.15, 0.2) is 41.0 Å². The number of hydrogen-bond donors (Lipinski definition) is 0. The zero-order chi connectivity index (χ0) is 16.3. The number of rotatable bonds is 2. The zero-order valence-electron chi connectivity index (χ0n) is 13.4. The minimum Gasteiger partial charge on any atom is -0.493 e. The first-order chi connectivity index (χ1) is 11.8. The molecule has 0 unspecified atom stereocenters. The number of furan rings is 1. The Hall–Kier alpha value is -2.82. The normalized spacial score (nSPS) is 20.6. The molecule has 0 bridgehead atoms. The maximum absolute atomic E-state index is 6.31. The van der Waals surface area contributed by atoms with Gasteiger partial charge in [0.1, 0.15) is 17.4 Å². The number of benzene rings is 2. The van der Waals surface area contributed by atoms with Crippen LogP contribution in [-0.2, 0) is 0 Å². The molecule has 5 rings (SSSR count). The third-order valence-corrected chi connectivity index (χ3v) is 4.85. The lowest BCUT2D eigenvalue weighted by molar-refractivity contribution is 0.137. The highest BCUT2D eigenvalue weighted by molar-refractivity contribution is 5.80. The van der Waals surface area contributed by atoms with Crippen molar-refractivity contribution in [2.75, 3.05) is 20.8 Å². The third-order valence-electron chi connectivity index (χ3n) is 4.85. The van der Waals surface area contributed by atoms with Gasteiger partial charge in [-0.05, 0) is 18.2 Å². The molecule has 2 atom stereocenters. The average Bonchev–Trinajstić information content (AvgIpc) is 3.22. The van der Waals surface area contributed by atoms with Gasteiger partial charge in [-0.15, -0.1) is 0 Å². The van der Waals surface area contributed by atoms with E-state index in [1.807, 2.05) is 24.3 Å². The molecule has 5 nitrogen and oxygen atoms in total. The van der Waals surface area contributed by atoms with Crippen molar-refractivity contribution in [1.29, 1.82) is 0 Å². The van der Waals surface area contributed by atoms with Crippen LogP contribution in [-0.4, -0.2) is 20.8 Å². The summed E-state index contributed by atoms with van der Waals surface area (Å²) in [7, 11) is 3.25. The average molecular weight is 324 g/mol. The molecule has 122 valence electrons. The maximum Gasteiger partial charge on any atom is 0.203 e. The molecule has 2 aromatic carbocycles. The van der Waals surface area contributed by atoms with Gasteiger partial charge in [0.05, 0.1) is 33.0 Å². The summed E-state index contributed by atoms with van der Waals surface area (Å²) >= 11 is 0. The second kappa shape index (κ2) is 4.84. The SMILES string of the molecule is COc1ccc2c(c1OC)O[C@@H]1c3cc4ccoc4cc3OC[C@H]21. The Bertz CT molecular complexity index is 942. The van der Waals surface area contributed by atoms with E-state index in [1.165, 1.54) is 0 Å². The van der Waals surface area contributed by atoms with Gasteiger partial charge in [-0.25, -0.2) is 0 Å². The van der Waals surface area contributed by atoms with Crippen LogP contribution in [0, 0.1) is 0 Å². The van der Waals surface area contributed by atoms with E-state index in [0.717, 1.165) is 33.6 Å². The highest BCUT2D eigenvalue weighted by Crippen LogP contribution is 2.56. The van der Waals surface area contributed by atoms with Gasteiger partial charge in [-0.2, -0.15) is 0 Å². The fourth-order valence-electron chi connectivity index (χ4n) is 3.69. The minimum absolute atomic E-state index is 0.0935. The van der Waals surface area contributed by atoms with Crippen LogP contribution in [0.1, 0.15) is 23.1 Å². The largest absolute Gasteiger partial charge is 0.493 e. The Morgan fingerprint density at radius 1 is 1.04 bits per heavy atom. The van der Waals surface area contributed by atoms with E-state index in [0.29, 0.717) is 18.1 Å². The van der Waals surface area contributed by atoms with E-state index < -0.39 is 0 Å². The molecule has 0 N–H and O–H groups in total. The van der Waals surface area contributed by atoms with Crippen molar-refractivity contribution in [2.24, 2.45) is 0 Å². The van der Waals surface area contributed by atoms with Gasteiger partial charge in [0.15, 0.2) is 11.5 Å². The van der Waals surface area contributed by atoms with Crippen LogP contribution in [0.3, 0.4) is 0 Å². The summed E-state index contributed by atoms with van der Waals surface area (Å²) < 4.78 is 28.7. The molecule has 1 aromatic heterocycles. The molecule has 0 saturated heterocycles. The Kier molecular flexibility index (Phi) is 2.74. The standard InChI is InChI=1S/C19H16O5/c1-20-14-4-3-11-13-9-23-16-8-15-10(5-6-22-15)7-12(16)17(13)24-18(11)19(14)21-2/h3-8,13,17H,9H2,1-2H3/t13-,17-/m1/s1. The summed E-state index contributed by atoms with van der Waals surface area (Å²) in [6, 6.07) is 9.92. The quantitative estimate of drug-likeness (QED) is 0.711. The Labute approximate surface area is 138 Å². The molecule has 0 amide bonds. The van der Waals surface area contributed by atoms with E-state index in [1.54, 1.807) is 20.5 Å². The first-order valence-electron chi connectivity index (χ1n) is 7.85. The summed E-state index contributed by atoms with van der Waals surface area (Å²) in [5.74, 6) is 3.00. The van der Waals surface area contributed by atoms with Crippen molar-refractivity contribution in [3.8, 4) is 23.0 Å². The van der Waals surface area contributed by atoms with E-state index in [4.69, 9.17) is 23.4 Å². The van der Waals surface area contributed by atoms with Gasteiger partial charge in [0.2, 0.25) is 5.75 Å².